The maximum Gasteiger partial charge on any atom is 0.214 e. The van der Waals surface area contributed by atoms with Crippen LogP contribution in [0.5, 0.6) is 0 Å². The maximum atomic E-state index is 12.5. The van der Waals surface area contributed by atoms with E-state index in [0.29, 0.717) is 13.0 Å². The van der Waals surface area contributed by atoms with Crippen molar-refractivity contribution in [2.75, 3.05) is 25.4 Å². The molecule has 1 aliphatic rings. The molecule has 2 heterocycles. The summed E-state index contributed by atoms with van der Waals surface area (Å²) in [6.07, 6.45) is 2.42. The second kappa shape index (κ2) is 8.34. The molecule has 0 aliphatic carbocycles. The highest BCUT2D eigenvalue weighted by Crippen LogP contribution is 2.17. The summed E-state index contributed by atoms with van der Waals surface area (Å²) in [5.41, 5.74) is 0. The van der Waals surface area contributed by atoms with E-state index in [4.69, 9.17) is 0 Å². The first kappa shape index (κ1) is 17.9. The van der Waals surface area contributed by atoms with Gasteiger partial charge in [0.15, 0.2) is 0 Å². The molecule has 0 bridgehead atoms. The standard InChI is InChI=1S/C13H22N2O2S2.ClH/c1-2-8-15(12-5-7-14-11-12)19(16,17)10-6-13-4-3-9-18-13;/h3-4,9,12,14H,2,5-8,10-11H2,1H3;1H. The van der Waals surface area contributed by atoms with Crippen LogP contribution in [0.4, 0.5) is 0 Å². The topological polar surface area (TPSA) is 49.4 Å². The maximum absolute atomic E-state index is 12.5. The number of rotatable bonds is 7. The summed E-state index contributed by atoms with van der Waals surface area (Å²) < 4.78 is 26.7. The van der Waals surface area contributed by atoms with Crippen molar-refractivity contribution < 1.29 is 8.42 Å². The molecule has 1 aromatic heterocycles. The summed E-state index contributed by atoms with van der Waals surface area (Å²) in [6.45, 7) is 4.38. The summed E-state index contributed by atoms with van der Waals surface area (Å²) >= 11 is 1.63. The van der Waals surface area contributed by atoms with Gasteiger partial charge in [-0.25, -0.2) is 8.42 Å². The molecule has 20 heavy (non-hydrogen) atoms. The number of halogens is 1. The lowest BCUT2D eigenvalue weighted by Gasteiger charge is -2.27. The van der Waals surface area contributed by atoms with Crippen LogP contribution in [0.1, 0.15) is 24.6 Å². The van der Waals surface area contributed by atoms with Crippen LogP contribution in [-0.2, 0) is 16.4 Å². The fraction of sp³-hybridized carbons (Fsp3) is 0.692. The van der Waals surface area contributed by atoms with Crippen molar-refractivity contribution >= 4 is 33.8 Å². The molecular formula is C13H23ClN2O2S2. The highest BCUT2D eigenvalue weighted by Gasteiger charge is 2.30. The summed E-state index contributed by atoms with van der Waals surface area (Å²) in [7, 11) is -3.14. The molecule has 4 nitrogen and oxygen atoms in total. The molecule has 0 radical (unpaired) electrons. The van der Waals surface area contributed by atoms with Crippen LogP contribution < -0.4 is 5.32 Å². The van der Waals surface area contributed by atoms with Gasteiger partial charge in [-0.1, -0.05) is 13.0 Å². The molecule has 1 aromatic rings. The van der Waals surface area contributed by atoms with Gasteiger partial charge < -0.3 is 5.32 Å². The summed E-state index contributed by atoms with van der Waals surface area (Å²) in [5, 5.41) is 5.24. The third kappa shape index (κ3) is 4.70. The molecule has 1 unspecified atom stereocenters. The van der Waals surface area contributed by atoms with Gasteiger partial charge in [-0.05, 0) is 37.3 Å². The highest BCUT2D eigenvalue weighted by molar-refractivity contribution is 7.89. The van der Waals surface area contributed by atoms with Crippen molar-refractivity contribution in [2.45, 2.75) is 32.2 Å². The third-order valence-corrected chi connectivity index (χ3v) is 6.28. The van der Waals surface area contributed by atoms with Crippen molar-refractivity contribution in [2.24, 2.45) is 0 Å². The Labute approximate surface area is 132 Å². The minimum Gasteiger partial charge on any atom is -0.315 e. The van der Waals surface area contributed by atoms with Gasteiger partial charge in [-0.3, -0.25) is 0 Å². The lowest BCUT2D eigenvalue weighted by molar-refractivity contribution is 0.335. The lowest BCUT2D eigenvalue weighted by atomic mass is 10.2. The second-order valence-electron chi connectivity index (χ2n) is 4.90. The molecule has 116 valence electrons. The van der Waals surface area contributed by atoms with Crippen molar-refractivity contribution in [1.82, 2.24) is 9.62 Å². The normalized spacial score (nSPS) is 19.2. The van der Waals surface area contributed by atoms with Crippen molar-refractivity contribution in [3.05, 3.63) is 22.4 Å². The Kier molecular flexibility index (Phi) is 7.47. The Balaban J connectivity index is 0.00000200. The predicted molar refractivity (Wildman–Crippen MR) is 87.3 cm³/mol. The van der Waals surface area contributed by atoms with E-state index >= 15 is 0 Å². The molecule has 7 heteroatoms. The zero-order chi connectivity index (χ0) is 13.7. The van der Waals surface area contributed by atoms with Crippen LogP contribution in [0.15, 0.2) is 17.5 Å². The van der Waals surface area contributed by atoms with Gasteiger partial charge in [0.2, 0.25) is 10.0 Å². The molecule has 1 saturated heterocycles. The van der Waals surface area contributed by atoms with Crippen molar-refractivity contribution in [3.8, 4) is 0 Å². The Bertz CT molecular complexity index is 471. The first-order chi connectivity index (χ1) is 9.13. The molecule has 1 fully saturated rings. The highest BCUT2D eigenvalue weighted by atomic mass is 35.5. The van der Waals surface area contributed by atoms with Crippen LogP contribution in [0.2, 0.25) is 0 Å². The Morgan fingerprint density at radius 2 is 2.30 bits per heavy atom. The van der Waals surface area contributed by atoms with Crippen molar-refractivity contribution in [1.29, 1.82) is 0 Å². The quantitative estimate of drug-likeness (QED) is 0.828. The molecule has 2 rings (SSSR count). The largest absolute Gasteiger partial charge is 0.315 e. The Morgan fingerprint density at radius 3 is 2.85 bits per heavy atom. The number of sulfonamides is 1. The van der Waals surface area contributed by atoms with E-state index in [0.717, 1.165) is 30.8 Å². The van der Waals surface area contributed by atoms with E-state index in [9.17, 15) is 8.42 Å². The zero-order valence-corrected chi connectivity index (χ0v) is 14.2. The number of thiophene rings is 1. The van der Waals surface area contributed by atoms with Crippen LogP contribution in [0.25, 0.3) is 0 Å². The zero-order valence-electron chi connectivity index (χ0n) is 11.7. The average molecular weight is 339 g/mol. The monoisotopic (exact) mass is 338 g/mol. The molecule has 0 spiro atoms. The number of nitrogens with one attached hydrogen (secondary N) is 1. The van der Waals surface area contributed by atoms with Crippen LogP contribution in [-0.4, -0.2) is 44.2 Å². The molecule has 1 N–H and O–H groups in total. The average Bonchev–Trinajstić information content (AvgIpc) is 3.06. The number of hydrogen-bond donors (Lipinski definition) is 1. The minimum absolute atomic E-state index is 0. The van der Waals surface area contributed by atoms with Gasteiger partial charge in [-0.15, -0.1) is 23.7 Å². The first-order valence-corrected chi connectivity index (χ1v) is 9.35. The fourth-order valence-corrected chi connectivity index (χ4v) is 5.10. The molecule has 1 atom stereocenters. The van der Waals surface area contributed by atoms with E-state index < -0.39 is 10.0 Å². The fourth-order valence-electron chi connectivity index (χ4n) is 2.46. The smallest absolute Gasteiger partial charge is 0.214 e. The molecule has 0 saturated carbocycles. The van der Waals surface area contributed by atoms with Crippen LogP contribution in [0, 0.1) is 0 Å². The van der Waals surface area contributed by atoms with Gasteiger partial charge in [0, 0.05) is 24.0 Å². The van der Waals surface area contributed by atoms with Gasteiger partial charge >= 0.3 is 0 Å². The van der Waals surface area contributed by atoms with E-state index in [1.54, 1.807) is 15.6 Å². The SMILES string of the molecule is CCCN(C1CCNC1)S(=O)(=O)CCc1cccs1.Cl. The first-order valence-electron chi connectivity index (χ1n) is 6.86. The minimum atomic E-state index is -3.14. The van der Waals surface area contributed by atoms with Crippen LogP contribution in [0.3, 0.4) is 0 Å². The van der Waals surface area contributed by atoms with Gasteiger partial charge in [0.05, 0.1) is 5.75 Å². The van der Waals surface area contributed by atoms with Gasteiger partial charge in [0.1, 0.15) is 0 Å². The second-order valence-corrected chi connectivity index (χ2v) is 7.98. The number of hydrogen-bond acceptors (Lipinski definition) is 4. The third-order valence-electron chi connectivity index (χ3n) is 3.43. The summed E-state index contributed by atoms with van der Waals surface area (Å²) in [4.78, 5) is 1.14. The molecular weight excluding hydrogens is 316 g/mol. The van der Waals surface area contributed by atoms with Crippen LogP contribution >= 0.6 is 23.7 Å². The number of nitrogens with zero attached hydrogens (tertiary/aromatic N) is 1. The van der Waals surface area contributed by atoms with Crippen molar-refractivity contribution in [3.63, 3.8) is 0 Å². The molecule has 1 aliphatic heterocycles. The summed E-state index contributed by atoms with van der Waals surface area (Å²) in [5.74, 6) is 0.226. The molecule has 0 aromatic carbocycles. The van der Waals surface area contributed by atoms with Gasteiger partial charge in [-0.2, -0.15) is 4.31 Å². The molecule has 0 amide bonds. The number of aryl methyl sites for hydroxylation is 1. The Hall–Kier alpha value is -0.140. The van der Waals surface area contributed by atoms with E-state index in [1.165, 1.54) is 0 Å². The Morgan fingerprint density at radius 1 is 1.50 bits per heavy atom. The van der Waals surface area contributed by atoms with Gasteiger partial charge in [0.25, 0.3) is 0 Å². The summed E-state index contributed by atoms with van der Waals surface area (Å²) in [6, 6.07) is 4.12. The van der Waals surface area contributed by atoms with E-state index in [1.807, 2.05) is 24.4 Å². The lowest BCUT2D eigenvalue weighted by Crippen LogP contribution is -2.43. The van der Waals surface area contributed by atoms with E-state index in [-0.39, 0.29) is 24.2 Å². The van der Waals surface area contributed by atoms with E-state index in [2.05, 4.69) is 5.32 Å². The predicted octanol–water partition coefficient (Wildman–Crippen LogP) is 2.12.